The van der Waals surface area contributed by atoms with Gasteiger partial charge in [0.25, 0.3) is 0 Å². The summed E-state index contributed by atoms with van der Waals surface area (Å²) in [6.07, 6.45) is 0. The third kappa shape index (κ3) is 2.93. The Bertz CT molecular complexity index is 251. The van der Waals surface area contributed by atoms with Crippen molar-refractivity contribution in [3.63, 3.8) is 0 Å². The first-order valence-electron chi connectivity index (χ1n) is 5.10. The summed E-state index contributed by atoms with van der Waals surface area (Å²) in [5.74, 6) is 0. The van der Waals surface area contributed by atoms with E-state index in [1.54, 1.807) is 5.19 Å². The molecule has 0 radical (unpaired) electrons. The molecular formula is C10H20Si3. The Hall–Kier alpha value is -0.129. The molecule has 0 nitrogen and oxygen atoms in total. The van der Waals surface area contributed by atoms with Crippen LogP contribution in [0, 0.1) is 0 Å². The predicted molar refractivity (Wildman–Crippen MR) is 71.4 cm³/mol. The lowest BCUT2D eigenvalue weighted by Crippen LogP contribution is -2.44. The summed E-state index contributed by atoms with van der Waals surface area (Å²) in [7, 11) is 1.23. The normalized spacial score (nSPS) is 15.3. The van der Waals surface area contributed by atoms with Gasteiger partial charge in [0, 0.05) is 8.55 Å². The van der Waals surface area contributed by atoms with Crippen LogP contribution in [0.25, 0.3) is 0 Å². The molecule has 0 aromatic heterocycles. The molecule has 3 heteroatoms. The van der Waals surface area contributed by atoms with E-state index in [2.05, 4.69) is 51.1 Å². The van der Waals surface area contributed by atoms with E-state index in [4.69, 9.17) is 0 Å². The SMILES string of the molecule is CC(C)(C)[SiH]([SiH2][SiH3])c1ccccc1. The van der Waals surface area contributed by atoms with Crippen LogP contribution < -0.4 is 5.19 Å². The molecule has 1 unspecified atom stereocenters. The van der Waals surface area contributed by atoms with E-state index in [0.29, 0.717) is 13.6 Å². The smallest absolute Gasteiger partial charge is 0.0594 e. The van der Waals surface area contributed by atoms with Gasteiger partial charge in [0.05, 0.1) is 8.31 Å². The summed E-state index contributed by atoms with van der Waals surface area (Å²) < 4.78 is 0. The summed E-state index contributed by atoms with van der Waals surface area (Å²) in [6.45, 7) is 7.30. The predicted octanol–water partition coefficient (Wildman–Crippen LogP) is -0.133. The first-order chi connectivity index (χ1) is 6.05. The van der Waals surface area contributed by atoms with Crippen molar-refractivity contribution in [2.45, 2.75) is 25.8 Å². The van der Waals surface area contributed by atoms with Crippen molar-refractivity contribution in [1.29, 1.82) is 0 Å². The fraction of sp³-hybridized carbons (Fsp3) is 0.400. The second-order valence-electron chi connectivity index (χ2n) is 4.74. The quantitative estimate of drug-likeness (QED) is 0.614. The second kappa shape index (κ2) is 4.39. The van der Waals surface area contributed by atoms with Crippen LogP contribution in [-0.2, 0) is 0 Å². The second-order valence-corrected chi connectivity index (χ2v) is 21.3. The van der Waals surface area contributed by atoms with Gasteiger partial charge >= 0.3 is 0 Å². The number of hydrogen-bond acceptors (Lipinski definition) is 0. The molecule has 0 amide bonds. The number of rotatable bonds is 2. The van der Waals surface area contributed by atoms with Gasteiger partial charge in [-0.25, -0.2) is 0 Å². The fourth-order valence-electron chi connectivity index (χ4n) is 2.03. The zero-order valence-corrected chi connectivity index (χ0v) is 13.7. The molecule has 0 heterocycles. The minimum Gasteiger partial charge on any atom is -0.0662 e. The van der Waals surface area contributed by atoms with Gasteiger partial charge in [-0.1, -0.05) is 56.3 Å². The average molecular weight is 225 g/mol. The van der Waals surface area contributed by atoms with Crippen molar-refractivity contribution >= 4 is 31.8 Å². The summed E-state index contributed by atoms with van der Waals surface area (Å²) in [6, 6.07) is 11.2. The van der Waals surface area contributed by atoms with Crippen LogP contribution in [0.2, 0.25) is 5.04 Å². The Morgan fingerprint density at radius 2 is 1.69 bits per heavy atom. The van der Waals surface area contributed by atoms with E-state index >= 15 is 0 Å². The summed E-state index contributed by atoms with van der Waals surface area (Å²) in [5.41, 5.74) is 0. The minimum absolute atomic E-state index is 0.303. The highest BCUT2D eigenvalue weighted by Gasteiger charge is 2.25. The Labute approximate surface area is 88.2 Å². The first-order valence-corrected chi connectivity index (χ1v) is 15.2. The van der Waals surface area contributed by atoms with Crippen LogP contribution in [-0.4, -0.2) is 26.6 Å². The van der Waals surface area contributed by atoms with Crippen molar-refractivity contribution in [3.05, 3.63) is 30.3 Å². The molecule has 0 spiro atoms. The molecule has 72 valence electrons. The standard InChI is InChI=1S/C10H20Si3/c1-10(2,3)13(12-11)9-7-5-4-6-8-9/h4-8,13H,12H2,1-3,11H3. The Balaban J connectivity index is 2.92. The molecule has 13 heavy (non-hydrogen) atoms. The monoisotopic (exact) mass is 224 g/mol. The maximum absolute atomic E-state index is 2.43. The molecular weight excluding hydrogens is 204 g/mol. The lowest BCUT2D eigenvalue weighted by molar-refractivity contribution is 0.754. The maximum Gasteiger partial charge on any atom is 0.0594 e. The fourth-order valence-corrected chi connectivity index (χ4v) is 26.6. The van der Waals surface area contributed by atoms with E-state index in [9.17, 15) is 0 Å². The van der Waals surface area contributed by atoms with E-state index in [1.165, 1.54) is 9.76 Å². The molecule has 0 aliphatic rings. The van der Waals surface area contributed by atoms with Gasteiger partial charge in [-0.3, -0.25) is 0 Å². The van der Waals surface area contributed by atoms with Crippen LogP contribution in [0.4, 0.5) is 0 Å². The lowest BCUT2D eigenvalue weighted by Gasteiger charge is -2.28. The van der Waals surface area contributed by atoms with E-state index in [-0.39, 0.29) is 0 Å². The molecule has 0 N–H and O–H groups in total. The van der Waals surface area contributed by atoms with Gasteiger partial charge in [0.2, 0.25) is 0 Å². The maximum atomic E-state index is 2.43. The Morgan fingerprint density at radius 1 is 1.15 bits per heavy atom. The van der Waals surface area contributed by atoms with Crippen molar-refractivity contribution in [2.75, 3.05) is 0 Å². The van der Waals surface area contributed by atoms with Crippen molar-refractivity contribution in [1.82, 2.24) is 0 Å². The van der Waals surface area contributed by atoms with Crippen molar-refractivity contribution in [2.24, 2.45) is 0 Å². The van der Waals surface area contributed by atoms with Gasteiger partial charge in [-0.05, 0) is 14.8 Å². The number of benzene rings is 1. The molecule has 0 aliphatic heterocycles. The van der Waals surface area contributed by atoms with Gasteiger partial charge in [0.1, 0.15) is 0 Å². The topological polar surface area (TPSA) is 0 Å². The minimum atomic E-state index is -0.559. The zero-order chi connectivity index (χ0) is 9.90. The van der Waals surface area contributed by atoms with Crippen LogP contribution in [0.3, 0.4) is 0 Å². The molecule has 0 fully saturated rings. The third-order valence-electron chi connectivity index (χ3n) is 2.66. The highest BCUT2D eigenvalue weighted by molar-refractivity contribution is 7.36. The summed E-state index contributed by atoms with van der Waals surface area (Å²) in [4.78, 5) is 0. The highest BCUT2D eigenvalue weighted by Crippen LogP contribution is 2.25. The number of hydrogen-bond donors (Lipinski definition) is 0. The van der Waals surface area contributed by atoms with Gasteiger partial charge < -0.3 is 0 Å². The lowest BCUT2D eigenvalue weighted by atomic mass is 10.2. The van der Waals surface area contributed by atoms with Gasteiger partial charge in [-0.15, -0.1) is 0 Å². The third-order valence-corrected chi connectivity index (χ3v) is 21.6. The molecule has 1 rings (SSSR count). The summed E-state index contributed by atoms with van der Waals surface area (Å²) in [5, 5.41) is 2.31. The van der Waals surface area contributed by atoms with Gasteiger partial charge in [0.15, 0.2) is 0 Å². The Morgan fingerprint density at radius 3 is 2.08 bits per heavy atom. The van der Waals surface area contributed by atoms with Crippen molar-refractivity contribution in [3.8, 4) is 0 Å². The van der Waals surface area contributed by atoms with Gasteiger partial charge in [-0.2, -0.15) is 0 Å². The molecule has 1 atom stereocenters. The molecule has 0 saturated heterocycles. The zero-order valence-electron chi connectivity index (χ0n) is 9.17. The molecule has 1 aromatic rings. The molecule has 0 saturated carbocycles. The molecule has 1 aromatic carbocycles. The van der Waals surface area contributed by atoms with Crippen molar-refractivity contribution < 1.29 is 0 Å². The molecule has 0 bridgehead atoms. The highest BCUT2D eigenvalue weighted by atomic mass is 29.5. The van der Waals surface area contributed by atoms with Crippen LogP contribution in [0.5, 0.6) is 0 Å². The summed E-state index contributed by atoms with van der Waals surface area (Å²) >= 11 is 0. The van der Waals surface area contributed by atoms with E-state index in [0.717, 1.165) is 0 Å². The van der Waals surface area contributed by atoms with Crippen LogP contribution >= 0.6 is 0 Å². The largest absolute Gasteiger partial charge is 0.0662 e. The Kier molecular flexibility index (Phi) is 3.70. The van der Waals surface area contributed by atoms with Crippen LogP contribution in [0.1, 0.15) is 20.8 Å². The van der Waals surface area contributed by atoms with E-state index in [1.807, 2.05) is 0 Å². The first kappa shape index (κ1) is 10.9. The molecule has 0 aliphatic carbocycles. The van der Waals surface area contributed by atoms with Crippen LogP contribution in [0.15, 0.2) is 30.3 Å². The average Bonchev–Trinajstić information content (AvgIpc) is 2.05. The van der Waals surface area contributed by atoms with E-state index < -0.39 is 8.31 Å².